The van der Waals surface area contributed by atoms with Crippen LogP contribution in [0.25, 0.3) is 0 Å². The molecule has 19 heavy (non-hydrogen) atoms. The number of ether oxygens (including phenoxy) is 1. The van der Waals surface area contributed by atoms with Crippen LogP contribution in [0.2, 0.25) is 0 Å². The highest BCUT2D eigenvalue weighted by molar-refractivity contribution is 5.91. The quantitative estimate of drug-likeness (QED) is 0.396. The molecule has 0 unspecified atom stereocenters. The van der Waals surface area contributed by atoms with E-state index < -0.39 is 10.9 Å². The summed E-state index contributed by atoms with van der Waals surface area (Å²) in [5.74, 6) is -1.28. The van der Waals surface area contributed by atoms with Crippen LogP contribution in [0, 0.1) is 10.1 Å². The molecular formula is C13H9NO5. The van der Waals surface area contributed by atoms with Gasteiger partial charge in [-0.3, -0.25) is 10.1 Å². The third kappa shape index (κ3) is 2.86. The largest absolute Gasteiger partial charge is 0.504 e. The minimum Gasteiger partial charge on any atom is -0.504 e. The van der Waals surface area contributed by atoms with Gasteiger partial charge in [-0.05, 0) is 18.2 Å². The summed E-state index contributed by atoms with van der Waals surface area (Å²) in [6.07, 6.45) is 0. The highest BCUT2D eigenvalue weighted by atomic mass is 16.6. The fraction of sp³-hybridized carbons (Fsp3) is 0. The lowest BCUT2D eigenvalue weighted by atomic mass is 10.2. The van der Waals surface area contributed by atoms with E-state index >= 15 is 0 Å². The third-order valence-electron chi connectivity index (χ3n) is 2.37. The van der Waals surface area contributed by atoms with Gasteiger partial charge in [-0.25, -0.2) is 4.79 Å². The Morgan fingerprint density at radius 1 is 1.16 bits per heavy atom. The molecule has 0 aliphatic rings. The zero-order valence-electron chi connectivity index (χ0n) is 9.65. The van der Waals surface area contributed by atoms with Crippen LogP contribution in [0.5, 0.6) is 11.5 Å². The molecule has 0 aliphatic carbocycles. The molecule has 0 amide bonds. The Labute approximate surface area is 108 Å². The van der Waals surface area contributed by atoms with E-state index in [1.807, 2.05) is 0 Å². The summed E-state index contributed by atoms with van der Waals surface area (Å²) >= 11 is 0. The molecule has 0 heterocycles. The smallest absolute Gasteiger partial charge is 0.343 e. The van der Waals surface area contributed by atoms with Gasteiger partial charge in [0.15, 0.2) is 11.5 Å². The molecule has 1 N–H and O–H groups in total. The SMILES string of the molecule is O=C(Oc1cc([N+](=O)[O-])ccc1O)c1ccccc1. The maximum Gasteiger partial charge on any atom is 0.343 e. The molecule has 0 bridgehead atoms. The van der Waals surface area contributed by atoms with Crippen molar-refractivity contribution in [2.45, 2.75) is 0 Å². The minimum atomic E-state index is -0.698. The molecule has 0 aliphatic heterocycles. The summed E-state index contributed by atoms with van der Waals surface area (Å²) in [7, 11) is 0. The van der Waals surface area contributed by atoms with E-state index in [0.29, 0.717) is 0 Å². The first kappa shape index (κ1) is 12.6. The van der Waals surface area contributed by atoms with Crippen molar-refractivity contribution in [2.24, 2.45) is 0 Å². The predicted octanol–water partition coefficient (Wildman–Crippen LogP) is 2.52. The number of non-ortho nitro benzene ring substituents is 1. The van der Waals surface area contributed by atoms with Crippen molar-refractivity contribution < 1.29 is 19.6 Å². The zero-order valence-corrected chi connectivity index (χ0v) is 9.65. The number of hydrogen-bond acceptors (Lipinski definition) is 5. The number of carbonyl (C=O) groups is 1. The van der Waals surface area contributed by atoms with Crippen molar-refractivity contribution in [3.8, 4) is 11.5 Å². The number of phenols is 1. The van der Waals surface area contributed by atoms with Crippen molar-refractivity contribution in [1.82, 2.24) is 0 Å². The number of benzene rings is 2. The number of carbonyl (C=O) groups excluding carboxylic acids is 1. The molecule has 2 rings (SSSR count). The van der Waals surface area contributed by atoms with Crippen molar-refractivity contribution >= 4 is 11.7 Å². The van der Waals surface area contributed by atoms with Crippen molar-refractivity contribution in [3.63, 3.8) is 0 Å². The summed E-state index contributed by atoms with van der Waals surface area (Å²) in [6, 6.07) is 11.3. The second kappa shape index (κ2) is 5.18. The third-order valence-corrected chi connectivity index (χ3v) is 2.37. The standard InChI is InChI=1S/C13H9NO5/c15-11-7-6-10(14(17)18)8-12(11)19-13(16)9-4-2-1-3-5-9/h1-8,15H. The topological polar surface area (TPSA) is 89.7 Å². The molecule has 2 aromatic carbocycles. The van der Waals surface area contributed by atoms with Gasteiger partial charge in [-0.2, -0.15) is 0 Å². The average Bonchev–Trinajstić information content (AvgIpc) is 2.42. The van der Waals surface area contributed by atoms with E-state index in [9.17, 15) is 20.0 Å². The molecule has 0 aromatic heterocycles. The molecule has 0 atom stereocenters. The van der Waals surface area contributed by atoms with Gasteiger partial charge in [0.25, 0.3) is 5.69 Å². The Hall–Kier alpha value is -2.89. The Morgan fingerprint density at radius 3 is 2.47 bits per heavy atom. The number of rotatable bonds is 3. The Kier molecular flexibility index (Phi) is 3.42. The fourth-order valence-electron chi connectivity index (χ4n) is 1.43. The van der Waals surface area contributed by atoms with Crippen molar-refractivity contribution in [2.75, 3.05) is 0 Å². The number of phenolic OH excluding ortho intramolecular Hbond substituents is 1. The van der Waals surface area contributed by atoms with Gasteiger partial charge in [0.2, 0.25) is 0 Å². The van der Waals surface area contributed by atoms with Crippen LogP contribution in [0.3, 0.4) is 0 Å². The normalized spacial score (nSPS) is 9.89. The van der Waals surface area contributed by atoms with Crippen LogP contribution in [0.1, 0.15) is 10.4 Å². The first-order valence-electron chi connectivity index (χ1n) is 5.32. The van der Waals surface area contributed by atoms with E-state index in [0.717, 1.165) is 18.2 Å². The van der Waals surface area contributed by atoms with E-state index in [1.54, 1.807) is 18.2 Å². The van der Waals surface area contributed by atoms with Crippen LogP contribution in [-0.4, -0.2) is 16.0 Å². The Bertz CT molecular complexity index is 624. The number of nitro groups is 1. The van der Waals surface area contributed by atoms with Gasteiger partial charge in [-0.1, -0.05) is 18.2 Å². The van der Waals surface area contributed by atoms with Crippen LogP contribution in [-0.2, 0) is 0 Å². The van der Waals surface area contributed by atoms with E-state index in [1.165, 1.54) is 12.1 Å². The van der Waals surface area contributed by atoms with E-state index in [4.69, 9.17) is 4.74 Å². The van der Waals surface area contributed by atoms with Crippen LogP contribution in [0.15, 0.2) is 48.5 Å². The molecule has 0 radical (unpaired) electrons. The predicted molar refractivity (Wildman–Crippen MR) is 66.2 cm³/mol. The first-order chi connectivity index (χ1) is 9.08. The monoisotopic (exact) mass is 259 g/mol. The summed E-state index contributed by atoms with van der Waals surface area (Å²) in [5, 5.41) is 20.1. The molecular weight excluding hydrogens is 250 g/mol. The van der Waals surface area contributed by atoms with Crippen LogP contribution < -0.4 is 4.74 Å². The maximum absolute atomic E-state index is 11.7. The lowest BCUT2D eigenvalue weighted by Crippen LogP contribution is -2.08. The second-order valence-corrected chi connectivity index (χ2v) is 3.66. The van der Waals surface area contributed by atoms with Gasteiger partial charge < -0.3 is 9.84 Å². The Morgan fingerprint density at radius 2 is 1.84 bits per heavy atom. The van der Waals surface area contributed by atoms with Crippen molar-refractivity contribution in [3.05, 3.63) is 64.2 Å². The molecule has 6 heteroatoms. The molecule has 2 aromatic rings. The number of hydrogen-bond donors (Lipinski definition) is 1. The molecule has 0 spiro atoms. The summed E-state index contributed by atoms with van der Waals surface area (Å²) < 4.78 is 4.93. The minimum absolute atomic E-state index is 0.247. The lowest BCUT2D eigenvalue weighted by molar-refractivity contribution is -0.384. The van der Waals surface area contributed by atoms with E-state index in [2.05, 4.69) is 0 Å². The molecule has 96 valence electrons. The number of nitro benzene ring substituents is 1. The number of esters is 1. The maximum atomic E-state index is 11.7. The highest BCUT2D eigenvalue weighted by Crippen LogP contribution is 2.30. The molecule has 0 saturated heterocycles. The summed E-state index contributed by atoms with van der Waals surface area (Å²) in [6.45, 7) is 0. The van der Waals surface area contributed by atoms with Gasteiger partial charge in [-0.15, -0.1) is 0 Å². The van der Waals surface area contributed by atoms with Gasteiger partial charge >= 0.3 is 5.97 Å². The average molecular weight is 259 g/mol. The van der Waals surface area contributed by atoms with Gasteiger partial charge in [0.1, 0.15) is 0 Å². The van der Waals surface area contributed by atoms with Crippen LogP contribution >= 0.6 is 0 Å². The zero-order chi connectivity index (χ0) is 13.8. The fourth-order valence-corrected chi connectivity index (χ4v) is 1.43. The highest BCUT2D eigenvalue weighted by Gasteiger charge is 2.15. The molecule has 0 fully saturated rings. The summed E-state index contributed by atoms with van der Waals surface area (Å²) in [4.78, 5) is 21.7. The first-order valence-corrected chi connectivity index (χ1v) is 5.32. The molecule has 0 saturated carbocycles. The van der Waals surface area contributed by atoms with Crippen molar-refractivity contribution in [1.29, 1.82) is 0 Å². The number of aromatic hydroxyl groups is 1. The summed E-state index contributed by atoms with van der Waals surface area (Å²) in [5.41, 5.74) is 0.0158. The van der Waals surface area contributed by atoms with Gasteiger partial charge in [0, 0.05) is 6.07 Å². The Balaban J connectivity index is 2.26. The van der Waals surface area contributed by atoms with Gasteiger partial charge in [0.05, 0.1) is 16.6 Å². The van der Waals surface area contributed by atoms with E-state index in [-0.39, 0.29) is 22.7 Å². The number of nitrogens with zero attached hydrogens (tertiary/aromatic N) is 1. The lowest BCUT2D eigenvalue weighted by Gasteiger charge is -2.05. The van der Waals surface area contributed by atoms with Crippen LogP contribution in [0.4, 0.5) is 5.69 Å². The second-order valence-electron chi connectivity index (χ2n) is 3.66. The molecule has 6 nitrogen and oxygen atoms in total.